The van der Waals surface area contributed by atoms with E-state index in [1.165, 1.54) is 18.2 Å². The molecule has 1 N–H and O–H groups in total. The summed E-state index contributed by atoms with van der Waals surface area (Å²) < 4.78 is 25.9. The zero-order valence-electron chi connectivity index (χ0n) is 17.2. The van der Waals surface area contributed by atoms with Gasteiger partial charge in [-0.3, -0.25) is 9.48 Å². The van der Waals surface area contributed by atoms with Gasteiger partial charge in [0.15, 0.2) is 11.6 Å². The number of hydrogen-bond acceptors (Lipinski definition) is 4. The van der Waals surface area contributed by atoms with Gasteiger partial charge in [0.2, 0.25) is 0 Å². The second-order valence-corrected chi connectivity index (χ2v) is 8.33. The molecule has 0 bridgehead atoms. The number of anilines is 1. The highest BCUT2D eigenvalue weighted by Crippen LogP contribution is 2.27. The van der Waals surface area contributed by atoms with Crippen molar-refractivity contribution in [1.29, 1.82) is 0 Å². The summed E-state index contributed by atoms with van der Waals surface area (Å²) in [6.07, 6.45) is 0. The molecule has 33 heavy (non-hydrogen) atoms. The molecule has 0 saturated heterocycles. The molecule has 170 valence electrons. The summed E-state index contributed by atoms with van der Waals surface area (Å²) in [6.45, 7) is 2.23. The molecule has 0 saturated carbocycles. The Hall–Kier alpha value is -3.00. The van der Waals surface area contributed by atoms with E-state index < -0.39 is 11.7 Å². The molecule has 0 atom stereocenters. The lowest BCUT2D eigenvalue weighted by Gasteiger charge is -2.08. The normalized spacial score (nSPS) is 10.9. The number of halogens is 4. The van der Waals surface area contributed by atoms with Crippen molar-refractivity contribution in [3.8, 4) is 5.75 Å². The van der Waals surface area contributed by atoms with Gasteiger partial charge in [0.25, 0.3) is 5.91 Å². The molecule has 4 rings (SSSR count). The van der Waals surface area contributed by atoms with E-state index in [4.69, 9.17) is 44.0 Å². The number of furan rings is 1. The molecule has 0 aliphatic rings. The molecule has 0 aliphatic heterocycles. The molecule has 10 heteroatoms. The maximum absolute atomic E-state index is 13.1. The number of aromatic nitrogens is 2. The topological polar surface area (TPSA) is 69.3 Å². The van der Waals surface area contributed by atoms with E-state index in [0.717, 1.165) is 17.3 Å². The third-order valence-corrected chi connectivity index (χ3v) is 5.75. The van der Waals surface area contributed by atoms with Gasteiger partial charge in [-0.05, 0) is 49.4 Å². The van der Waals surface area contributed by atoms with Crippen LogP contribution in [0, 0.1) is 12.7 Å². The Bertz CT molecular complexity index is 1300. The summed E-state index contributed by atoms with van der Waals surface area (Å²) in [5, 5.41) is 8.33. The Morgan fingerprint density at radius 1 is 1.09 bits per heavy atom. The maximum Gasteiger partial charge on any atom is 0.292 e. The van der Waals surface area contributed by atoms with Crippen molar-refractivity contribution >= 4 is 46.5 Å². The molecule has 6 nitrogen and oxygen atoms in total. The van der Waals surface area contributed by atoms with Crippen LogP contribution >= 0.6 is 34.8 Å². The first kappa shape index (κ1) is 23.2. The lowest BCUT2D eigenvalue weighted by atomic mass is 10.2. The molecule has 4 aromatic rings. The average molecular weight is 509 g/mol. The summed E-state index contributed by atoms with van der Waals surface area (Å²) in [5.74, 6) is 0.210. The molecular weight excluding hydrogens is 492 g/mol. The Kier molecular flexibility index (Phi) is 6.93. The molecule has 2 aromatic heterocycles. The van der Waals surface area contributed by atoms with Crippen molar-refractivity contribution in [2.75, 3.05) is 5.32 Å². The van der Waals surface area contributed by atoms with E-state index in [-0.39, 0.29) is 17.4 Å². The average Bonchev–Trinajstić information content (AvgIpc) is 3.37. The number of nitrogens with zero attached hydrogens (tertiary/aromatic N) is 2. The van der Waals surface area contributed by atoms with Crippen LogP contribution in [0.25, 0.3) is 0 Å². The van der Waals surface area contributed by atoms with Crippen LogP contribution < -0.4 is 10.1 Å². The van der Waals surface area contributed by atoms with Gasteiger partial charge in [-0.1, -0.05) is 40.9 Å². The Morgan fingerprint density at radius 2 is 1.85 bits per heavy atom. The largest absolute Gasteiger partial charge is 0.484 e. The summed E-state index contributed by atoms with van der Waals surface area (Å²) in [4.78, 5) is 12.6. The SMILES string of the molecule is Cc1cc(NC(=O)c2ccc(COc3ccc(F)cc3Cl)o2)nn1Cc1c(Cl)cccc1Cl. The van der Waals surface area contributed by atoms with Crippen molar-refractivity contribution in [3.05, 3.63) is 98.3 Å². The number of carbonyl (C=O) groups is 1. The third-order valence-electron chi connectivity index (χ3n) is 4.74. The summed E-state index contributed by atoms with van der Waals surface area (Å²) in [5.41, 5.74) is 1.55. The lowest BCUT2D eigenvalue weighted by Crippen LogP contribution is -2.12. The fourth-order valence-corrected chi connectivity index (χ4v) is 3.80. The highest BCUT2D eigenvalue weighted by Gasteiger charge is 2.16. The van der Waals surface area contributed by atoms with E-state index in [1.54, 1.807) is 35.0 Å². The van der Waals surface area contributed by atoms with Crippen LogP contribution in [0.5, 0.6) is 5.75 Å². The predicted molar refractivity (Wildman–Crippen MR) is 125 cm³/mol. The minimum atomic E-state index is -0.471. The van der Waals surface area contributed by atoms with Crippen molar-refractivity contribution in [3.63, 3.8) is 0 Å². The smallest absolute Gasteiger partial charge is 0.292 e. The summed E-state index contributed by atoms with van der Waals surface area (Å²) in [6, 6.07) is 13.9. The highest BCUT2D eigenvalue weighted by molar-refractivity contribution is 6.36. The number of aryl methyl sites for hydroxylation is 1. The number of hydrogen-bond donors (Lipinski definition) is 1. The predicted octanol–water partition coefficient (Wildman–Crippen LogP) is 6.76. The zero-order chi connectivity index (χ0) is 23.5. The van der Waals surface area contributed by atoms with Crippen LogP contribution in [0.4, 0.5) is 10.2 Å². The van der Waals surface area contributed by atoms with Crippen LogP contribution in [0.15, 0.2) is 59.0 Å². The van der Waals surface area contributed by atoms with E-state index in [2.05, 4.69) is 10.4 Å². The van der Waals surface area contributed by atoms with E-state index in [0.29, 0.717) is 33.9 Å². The molecule has 0 radical (unpaired) electrons. The second kappa shape index (κ2) is 9.87. The molecule has 1 amide bonds. The van der Waals surface area contributed by atoms with Gasteiger partial charge >= 0.3 is 0 Å². The third kappa shape index (κ3) is 5.50. The van der Waals surface area contributed by atoms with Crippen LogP contribution in [0.1, 0.15) is 27.6 Å². The lowest BCUT2D eigenvalue weighted by molar-refractivity contribution is 0.0992. The molecule has 0 fully saturated rings. The van der Waals surface area contributed by atoms with Crippen LogP contribution in [0.2, 0.25) is 15.1 Å². The molecule has 2 heterocycles. The number of amides is 1. The summed E-state index contributed by atoms with van der Waals surface area (Å²) in [7, 11) is 0. The van der Waals surface area contributed by atoms with E-state index in [9.17, 15) is 9.18 Å². The minimum Gasteiger partial charge on any atom is -0.484 e. The van der Waals surface area contributed by atoms with Crippen LogP contribution in [0.3, 0.4) is 0 Å². The van der Waals surface area contributed by atoms with Gasteiger partial charge in [0.05, 0.1) is 11.6 Å². The molecule has 0 unspecified atom stereocenters. The van der Waals surface area contributed by atoms with Crippen molar-refractivity contribution in [2.45, 2.75) is 20.1 Å². The second-order valence-electron chi connectivity index (χ2n) is 7.11. The van der Waals surface area contributed by atoms with Gasteiger partial charge in [0.1, 0.15) is 23.9 Å². The van der Waals surface area contributed by atoms with Crippen molar-refractivity contribution < 1.29 is 18.3 Å². The fraction of sp³-hybridized carbons (Fsp3) is 0.130. The minimum absolute atomic E-state index is 0.0188. The number of rotatable bonds is 7. The van der Waals surface area contributed by atoms with Gasteiger partial charge < -0.3 is 14.5 Å². The molecule has 2 aromatic carbocycles. The fourth-order valence-electron chi connectivity index (χ4n) is 3.06. The Labute approximate surface area is 203 Å². The highest BCUT2D eigenvalue weighted by atomic mass is 35.5. The van der Waals surface area contributed by atoms with Gasteiger partial charge in [-0.2, -0.15) is 5.10 Å². The monoisotopic (exact) mass is 507 g/mol. The van der Waals surface area contributed by atoms with Crippen LogP contribution in [-0.4, -0.2) is 15.7 Å². The summed E-state index contributed by atoms with van der Waals surface area (Å²) >= 11 is 18.4. The van der Waals surface area contributed by atoms with Gasteiger partial charge in [-0.15, -0.1) is 0 Å². The number of benzene rings is 2. The number of nitrogens with one attached hydrogen (secondary N) is 1. The van der Waals surface area contributed by atoms with Crippen molar-refractivity contribution in [1.82, 2.24) is 9.78 Å². The van der Waals surface area contributed by atoms with Gasteiger partial charge in [0, 0.05) is 27.4 Å². The number of ether oxygens (including phenoxy) is 1. The molecular formula is C23H17Cl3FN3O3. The first-order chi connectivity index (χ1) is 15.8. The number of carbonyl (C=O) groups excluding carboxylic acids is 1. The first-order valence-electron chi connectivity index (χ1n) is 9.75. The van der Waals surface area contributed by atoms with E-state index in [1.807, 2.05) is 6.92 Å². The zero-order valence-corrected chi connectivity index (χ0v) is 19.5. The Morgan fingerprint density at radius 3 is 2.58 bits per heavy atom. The van der Waals surface area contributed by atoms with Crippen LogP contribution in [-0.2, 0) is 13.2 Å². The first-order valence-corrected chi connectivity index (χ1v) is 10.9. The quantitative estimate of drug-likeness (QED) is 0.299. The van der Waals surface area contributed by atoms with E-state index >= 15 is 0 Å². The molecule has 0 spiro atoms. The Balaban J connectivity index is 1.40. The van der Waals surface area contributed by atoms with Gasteiger partial charge in [-0.25, -0.2) is 4.39 Å². The maximum atomic E-state index is 13.1. The standard InChI is InChI=1S/C23H17Cl3FN3O3/c1-13-9-22(29-30(13)11-16-17(24)3-2-4-18(16)25)28-23(31)21-8-6-15(33-21)12-32-20-7-5-14(27)10-19(20)26/h2-10H,11-12H2,1H3,(H,28,29,31). The van der Waals surface area contributed by atoms with Crippen molar-refractivity contribution in [2.24, 2.45) is 0 Å². The molecule has 0 aliphatic carbocycles.